The molecule has 0 aromatic carbocycles. The van der Waals surface area contributed by atoms with Crippen molar-refractivity contribution in [1.82, 2.24) is 5.12 Å². The van der Waals surface area contributed by atoms with Gasteiger partial charge < -0.3 is 39.5 Å². The Morgan fingerprint density at radius 1 is 1.17 bits per heavy atom. The number of carboxylic acids is 1. The van der Waals surface area contributed by atoms with Crippen LogP contribution in [0.4, 0.5) is 0 Å². The normalized spacial score (nSPS) is 18.6. The second-order valence-corrected chi connectivity index (χ2v) is 4.12. The molecule has 0 aliphatic heterocycles. The standard InChI is InChI=1S/C6H22N10O2/c7-1-2(8)4(9,10)6(12,13)5(11,3(17)18)16(14)15/h2H,1,7-15H2,(H,17,18)/t2?,5-/m1/s1. The summed E-state index contributed by atoms with van der Waals surface area (Å²) in [4.78, 5) is 11.2. The number of carbonyl (C=O) groups is 1. The number of hydrazine groups is 2. The largest absolute Gasteiger partial charge is 0.479 e. The molecular weight excluding hydrogens is 244 g/mol. The average Bonchev–Trinajstić information content (AvgIpc) is 2.25. The third-order valence-electron chi connectivity index (χ3n) is 2.95. The first-order valence-electron chi connectivity index (χ1n) is 4.80. The fourth-order valence-corrected chi connectivity index (χ4v) is 1.33. The van der Waals surface area contributed by atoms with Crippen molar-refractivity contribution in [3.63, 3.8) is 0 Å². The molecule has 0 fully saturated rings. The van der Waals surface area contributed by atoms with Crippen LogP contribution in [0.25, 0.3) is 0 Å². The lowest BCUT2D eigenvalue weighted by Gasteiger charge is -2.52. The van der Waals surface area contributed by atoms with Gasteiger partial charge in [0.15, 0.2) is 0 Å². The van der Waals surface area contributed by atoms with Crippen LogP contribution in [0.2, 0.25) is 0 Å². The number of nitrogens with zero attached hydrogens (tertiary/aromatic N) is 1. The smallest absolute Gasteiger partial charge is 0.345 e. The molecule has 0 aromatic rings. The van der Waals surface area contributed by atoms with Crippen molar-refractivity contribution in [3.8, 4) is 0 Å². The van der Waals surface area contributed by atoms with E-state index in [1.54, 1.807) is 0 Å². The van der Waals surface area contributed by atoms with Crippen LogP contribution in [0.1, 0.15) is 0 Å². The van der Waals surface area contributed by atoms with Crippen molar-refractivity contribution in [2.24, 2.45) is 51.8 Å². The van der Waals surface area contributed by atoms with Gasteiger partial charge in [-0.05, 0) is 0 Å². The van der Waals surface area contributed by atoms with E-state index in [-0.39, 0.29) is 11.7 Å². The summed E-state index contributed by atoms with van der Waals surface area (Å²) in [5, 5.41) is 9.19. The van der Waals surface area contributed by atoms with Gasteiger partial charge in [0, 0.05) is 6.54 Å². The molecule has 0 amide bonds. The van der Waals surface area contributed by atoms with Crippen molar-refractivity contribution in [2.45, 2.75) is 23.0 Å². The molecule has 0 aromatic heterocycles. The fourth-order valence-electron chi connectivity index (χ4n) is 1.33. The molecule has 12 heteroatoms. The van der Waals surface area contributed by atoms with E-state index in [1.807, 2.05) is 0 Å². The predicted octanol–water partition coefficient (Wildman–Crippen LogP) is -6.71. The van der Waals surface area contributed by atoms with E-state index in [0.29, 0.717) is 0 Å². The van der Waals surface area contributed by atoms with Crippen LogP contribution in [0.15, 0.2) is 0 Å². The number of aliphatic carboxylic acids is 1. The maximum absolute atomic E-state index is 11.2. The highest BCUT2D eigenvalue weighted by molar-refractivity contribution is 5.80. The summed E-state index contributed by atoms with van der Waals surface area (Å²) in [5.74, 6) is 8.58. The third kappa shape index (κ3) is 2.17. The highest BCUT2D eigenvalue weighted by Crippen LogP contribution is 2.22. The predicted molar refractivity (Wildman–Crippen MR) is 64.0 cm³/mol. The van der Waals surface area contributed by atoms with Crippen LogP contribution in [0.5, 0.6) is 0 Å². The van der Waals surface area contributed by atoms with Crippen LogP contribution >= 0.6 is 0 Å². The van der Waals surface area contributed by atoms with Crippen molar-refractivity contribution in [1.29, 1.82) is 0 Å². The summed E-state index contributed by atoms with van der Waals surface area (Å²) in [7, 11) is 0. The minimum absolute atomic E-state index is 0.104. The van der Waals surface area contributed by atoms with Gasteiger partial charge in [0.25, 0.3) is 0 Å². The zero-order valence-corrected chi connectivity index (χ0v) is 9.78. The van der Waals surface area contributed by atoms with Crippen LogP contribution in [-0.2, 0) is 4.79 Å². The molecule has 1 unspecified atom stereocenters. The van der Waals surface area contributed by atoms with Gasteiger partial charge in [-0.1, -0.05) is 0 Å². The monoisotopic (exact) mass is 266 g/mol. The van der Waals surface area contributed by atoms with Gasteiger partial charge in [0.05, 0.1) is 6.04 Å². The van der Waals surface area contributed by atoms with Crippen molar-refractivity contribution < 1.29 is 9.90 Å². The molecule has 0 saturated carbocycles. The van der Waals surface area contributed by atoms with E-state index in [2.05, 4.69) is 0 Å². The molecule has 0 heterocycles. The maximum atomic E-state index is 11.2. The van der Waals surface area contributed by atoms with Crippen LogP contribution in [-0.4, -0.2) is 45.8 Å². The zero-order valence-electron chi connectivity index (χ0n) is 9.78. The Kier molecular flexibility index (Phi) is 4.72. The van der Waals surface area contributed by atoms with Gasteiger partial charge >= 0.3 is 5.97 Å². The quantitative estimate of drug-likeness (QED) is 0.122. The van der Waals surface area contributed by atoms with Crippen molar-refractivity contribution in [3.05, 3.63) is 0 Å². The summed E-state index contributed by atoms with van der Waals surface area (Å²) in [6.45, 7) is -0.214. The minimum atomic E-state index is -2.66. The third-order valence-corrected chi connectivity index (χ3v) is 2.95. The molecule has 0 radical (unpaired) electrons. The number of nitrogens with two attached hydrogens (primary N) is 9. The Hall–Kier alpha value is -0.930. The van der Waals surface area contributed by atoms with Gasteiger partial charge in [-0.3, -0.25) is 17.4 Å². The summed E-state index contributed by atoms with van der Waals surface area (Å²) in [6.07, 6.45) is 0. The molecule has 0 rings (SSSR count). The molecule has 12 nitrogen and oxygen atoms in total. The van der Waals surface area contributed by atoms with Gasteiger partial charge in [0.1, 0.15) is 11.3 Å². The van der Waals surface area contributed by atoms with Crippen molar-refractivity contribution in [2.75, 3.05) is 6.54 Å². The van der Waals surface area contributed by atoms with Crippen LogP contribution in [0, 0.1) is 0 Å². The van der Waals surface area contributed by atoms with Gasteiger partial charge in [-0.15, -0.1) is 0 Å². The summed E-state index contributed by atoms with van der Waals surface area (Å²) in [6, 6.07) is -1.14. The lowest BCUT2D eigenvalue weighted by atomic mass is 9.79. The Morgan fingerprint density at radius 2 is 1.56 bits per heavy atom. The molecule has 0 aliphatic rings. The number of rotatable bonds is 6. The SMILES string of the molecule is NCC(N)C(N)(N)C(N)(N)[C@@](N)(C(=O)O)N(N)N. The van der Waals surface area contributed by atoms with Crippen LogP contribution < -0.4 is 51.8 Å². The topological polar surface area (TPSA) is 275 Å². The first-order valence-corrected chi connectivity index (χ1v) is 4.80. The molecule has 2 atom stereocenters. The maximum Gasteiger partial charge on any atom is 0.345 e. The molecule has 19 N–H and O–H groups in total. The van der Waals surface area contributed by atoms with Gasteiger partial charge in [-0.25, -0.2) is 4.79 Å². The minimum Gasteiger partial charge on any atom is -0.479 e. The van der Waals surface area contributed by atoms with E-state index in [0.717, 1.165) is 0 Å². The number of hydrogen-bond donors (Lipinski definition) is 10. The lowest BCUT2D eigenvalue weighted by Crippen LogP contribution is -2.96. The van der Waals surface area contributed by atoms with E-state index in [1.165, 1.54) is 0 Å². The lowest BCUT2D eigenvalue weighted by molar-refractivity contribution is -0.161. The summed E-state index contributed by atoms with van der Waals surface area (Å²) in [5.41, 5.74) is 31.6. The second-order valence-electron chi connectivity index (χ2n) is 4.12. The second kappa shape index (κ2) is 4.98. The van der Waals surface area contributed by atoms with Crippen molar-refractivity contribution >= 4 is 5.97 Å². The summed E-state index contributed by atoms with van der Waals surface area (Å²) < 4.78 is 0. The highest BCUT2D eigenvalue weighted by Gasteiger charge is 2.63. The first-order chi connectivity index (χ1) is 7.87. The molecule has 108 valence electrons. The fraction of sp³-hybridized carbons (Fsp3) is 0.833. The molecule has 18 heavy (non-hydrogen) atoms. The Morgan fingerprint density at radius 3 is 1.78 bits per heavy atom. The highest BCUT2D eigenvalue weighted by atomic mass is 16.4. The van der Waals surface area contributed by atoms with Crippen LogP contribution in [0.3, 0.4) is 0 Å². The zero-order chi connectivity index (χ0) is 14.9. The molecule has 0 saturated heterocycles. The van der Waals surface area contributed by atoms with E-state index < -0.39 is 29.0 Å². The summed E-state index contributed by atoms with van der Waals surface area (Å²) >= 11 is 0. The molecule has 0 aliphatic carbocycles. The first kappa shape index (κ1) is 17.1. The van der Waals surface area contributed by atoms with Gasteiger partial charge in [0.2, 0.25) is 5.66 Å². The Bertz CT molecular complexity index is 317. The Labute approximate surface area is 103 Å². The van der Waals surface area contributed by atoms with E-state index in [9.17, 15) is 4.79 Å². The molecular formula is C6H22N10O2. The van der Waals surface area contributed by atoms with E-state index >= 15 is 0 Å². The number of hydrogen-bond acceptors (Lipinski definition) is 11. The van der Waals surface area contributed by atoms with E-state index in [4.69, 9.17) is 56.9 Å². The Balaban J connectivity index is 5.80. The average molecular weight is 266 g/mol. The number of carboxylic acid groups (broad SMARTS) is 1. The molecule has 0 spiro atoms. The molecule has 0 bridgehead atoms. The van der Waals surface area contributed by atoms with Gasteiger partial charge in [-0.2, -0.15) is 5.12 Å².